The SMILES string of the molecule is [B]OC(=O)C(=O)Oc1ccccc1. The van der Waals surface area contributed by atoms with E-state index in [1.807, 2.05) is 0 Å². The van der Waals surface area contributed by atoms with E-state index < -0.39 is 11.9 Å². The van der Waals surface area contributed by atoms with Crippen molar-refractivity contribution in [1.82, 2.24) is 0 Å². The lowest BCUT2D eigenvalue weighted by atomic mass is 10.3. The quantitative estimate of drug-likeness (QED) is 0.265. The lowest BCUT2D eigenvalue weighted by Gasteiger charge is -2.01. The summed E-state index contributed by atoms with van der Waals surface area (Å²) in [6.07, 6.45) is 0. The van der Waals surface area contributed by atoms with Crippen LogP contribution in [0.2, 0.25) is 0 Å². The molecule has 0 saturated heterocycles. The summed E-state index contributed by atoms with van der Waals surface area (Å²) in [5.41, 5.74) is 0. The largest absolute Gasteiger partial charge is 0.535 e. The van der Waals surface area contributed by atoms with Crippen LogP contribution >= 0.6 is 0 Å². The van der Waals surface area contributed by atoms with Gasteiger partial charge in [-0.1, -0.05) is 18.2 Å². The highest BCUT2D eigenvalue weighted by molar-refractivity contribution is 6.34. The Morgan fingerprint density at radius 1 is 1.08 bits per heavy atom. The zero-order valence-electron chi connectivity index (χ0n) is 6.60. The van der Waals surface area contributed by atoms with E-state index in [1.165, 1.54) is 12.1 Å². The molecule has 0 aliphatic heterocycles. The molecule has 0 N–H and O–H groups in total. The molecule has 2 radical (unpaired) electrons. The highest BCUT2D eigenvalue weighted by Crippen LogP contribution is 2.08. The molecule has 0 fully saturated rings. The van der Waals surface area contributed by atoms with Crippen LogP contribution in [0.25, 0.3) is 0 Å². The molecule has 1 rings (SSSR count). The van der Waals surface area contributed by atoms with Crippen molar-refractivity contribution in [1.29, 1.82) is 0 Å². The summed E-state index contributed by atoms with van der Waals surface area (Å²) in [6, 6.07) is 8.13. The van der Waals surface area contributed by atoms with Gasteiger partial charge in [0.05, 0.1) is 0 Å². The highest BCUT2D eigenvalue weighted by Gasteiger charge is 2.15. The van der Waals surface area contributed by atoms with Crippen molar-refractivity contribution >= 4 is 20.0 Å². The molecule has 1 aromatic carbocycles. The summed E-state index contributed by atoms with van der Waals surface area (Å²) in [7, 11) is 4.48. The van der Waals surface area contributed by atoms with Gasteiger partial charge in [0.2, 0.25) is 0 Å². The van der Waals surface area contributed by atoms with Crippen molar-refractivity contribution in [2.45, 2.75) is 0 Å². The molecule has 5 heteroatoms. The van der Waals surface area contributed by atoms with E-state index in [4.69, 9.17) is 0 Å². The third-order valence-corrected chi connectivity index (χ3v) is 1.23. The summed E-state index contributed by atoms with van der Waals surface area (Å²) < 4.78 is 8.24. The Morgan fingerprint density at radius 2 is 1.69 bits per heavy atom. The first kappa shape index (κ1) is 9.31. The first-order valence-electron chi connectivity index (χ1n) is 3.42. The normalized spacial score (nSPS) is 8.92. The number of para-hydroxylation sites is 1. The molecule has 0 bridgehead atoms. The van der Waals surface area contributed by atoms with Crippen molar-refractivity contribution in [2.75, 3.05) is 0 Å². The molecule has 0 aliphatic rings. The molecule has 0 heterocycles. The number of carbonyl (C=O) groups is 2. The Bertz CT molecular complexity index is 309. The number of ether oxygens (including phenoxy) is 1. The molecular formula is C8H5BO4. The molecule has 0 saturated carbocycles. The molecule has 0 amide bonds. The van der Waals surface area contributed by atoms with Gasteiger partial charge in [0.25, 0.3) is 0 Å². The summed E-state index contributed by atoms with van der Waals surface area (Å²) in [5, 5.41) is 0. The fourth-order valence-corrected chi connectivity index (χ4v) is 0.685. The number of carbonyl (C=O) groups excluding carboxylic acids is 2. The molecular weight excluding hydrogens is 171 g/mol. The number of esters is 1. The van der Waals surface area contributed by atoms with E-state index >= 15 is 0 Å². The summed E-state index contributed by atoms with van der Waals surface area (Å²) in [4.78, 5) is 21.3. The Kier molecular flexibility index (Phi) is 3.08. The predicted molar refractivity (Wildman–Crippen MR) is 43.9 cm³/mol. The van der Waals surface area contributed by atoms with E-state index in [1.54, 1.807) is 18.2 Å². The van der Waals surface area contributed by atoms with Gasteiger partial charge in [-0.2, -0.15) is 0 Å². The highest BCUT2D eigenvalue weighted by atomic mass is 16.6. The minimum Gasteiger partial charge on any atom is -0.535 e. The van der Waals surface area contributed by atoms with Gasteiger partial charge in [0, 0.05) is 0 Å². The van der Waals surface area contributed by atoms with Crippen molar-refractivity contribution in [3.8, 4) is 5.75 Å². The first-order chi connectivity index (χ1) is 6.24. The van der Waals surface area contributed by atoms with E-state index in [0.29, 0.717) is 0 Å². The van der Waals surface area contributed by atoms with Crippen LogP contribution in [0, 0.1) is 0 Å². The third-order valence-electron chi connectivity index (χ3n) is 1.23. The number of rotatable bonds is 1. The van der Waals surface area contributed by atoms with Gasteiger partial charge in [-0.15, -0.1) is 0 Å². The van der Waals surface area contributed by atoms with Crippen LogP contribution in [-0.4, -0.2) is 20.0 Å². The van der Waals surface area contributed by atoms with Crippen molar-refractivity contribution in [3.05, 3.63) is 30.3 Å². The van der Waals surface area contributed by atoms with Crippen LogP contribution < -0.4 is 4.74 Å². The van der Waals surface area contributed by atoms with Crippen molar-refractivity contribution < 1.29 is 19.0 Å². The Hall–Kier alpha value is -1.78. The van der Waals surface area contributed by atoms with Gasteiger partial charge < -0.3 is 9.39 Å². The summed E-state index contributed by atoms with van der Waals surface area (Å²) in [6.45, 7) is 0. The molecule has 0 atom stereocenters. The lowest BCUT2D eigenvalue weighted by molar-refractivity contribution is -0.156. The van der Waals surface area contributed by atoms with Crippen LogP contribution in [0.4, 0.5) is 0 Å². The molecule has 64 valence electrons. The zero-order chi connectivity index (χ0) is 9.68. The van der Waals surface area contributed by atoms with E-state index in [0.717, 1.165) is 0 Å². The molecule has 4 nitrogen and oxygen atoms in total. The minimum absolute atomic E-state index is 0.262. The standard InChI is InChI=1S/C8H5BO4/c9-13-8(11)7(10)12-6-4-2-1-3-5-6/h1-5H. The second-order valence-electron chi connectivity index (χ2n) is 2.11. The van der Waals surface area contributed by atoms with Crippen molar-refractivity contribution in [2.24, 2.45) is 0 Å². The number of hydrogen-bond donors (Lipinski definition) is 0. The van der Waals surface area contributed by atoms with E-state index in [2.05, 4.69) is 17.4 Å². The maximum Gasteiger partial charge on any atom is 0.421 e. The van der Waals surface area contributed by atoms with Crippen molar-refractivity contribution in [3.63, 3.8) is 0 Å². The Labute approximate surface area is 75.9 Å². The van der Waals surface area contributed by atoms with Crippen LogP contribution in [0.15, 0.2) is 30.3 Å². The monoisotopic (exact) mass is 176 g/mol. The molecule has 0 aliphatic carbocycles. The fraction of sp³-hybridized carbons (Fsp3) is 0. The Morgan fingerprint density at radius 3 is 2.23 bits per heavy atom. The van der Waals surface area contributed by atoms with Crippen LogP contribution in [0.5, 0.6) is 5.75 Å². The average Bonchev–Trinajstić information content (AvgIpc) is 2.18. The van der Waals surface area contributed by atoms with Crippen LogP contribution in [0.3, 0.4) is 0 Å². The molecule has 1 aromatic rings. The molecule has 0 unspecified atom stereocenters. The molecule has 0 spiro atoms. The minimum atomic E-state index is -1.23. The maximum absolute atomic E-state index is 10.8. The van der Waals surface area contributed by atoms with Gasteiger partial charge in [-0.3, -0.25) is 0 Å². The van der Waals surface area contributed by atoms with Gasteiger partial charge in [0.1, 0.15) is 5.75 Å². The van der Waals surface area contributed by atoms with Gasteiger partial charge >= 0.3 is 20.0 Å². The third kappa shape index (κ3) is 2.63. The predicted octanol–water partition coefficient (Wildman–Crippen LogP) is 0.219. The second-order valence-corrected chi connectivity index (χ2v) is 2.11. The Balaban J connectivity index is 2.60. The zero-order valence-corrected chi connectivity index (χ0v) is 6.60. The van der Waals surface area contributed by atoms with E-state index in [9.17, 15) is 9.59 Å². The van der Waals surface area contributed by atoms with Gasteiger partial charge in [-0.25, -0.2) is 9.59 Å². The lowest BCUT2D eigenvalue weighted by Crippen LogP contribution is -2.21. The smallest absolute Gasteiger partial charge is 0.421 e. The van der Waals surface area contributed by atoms with Gasteiger partial charge in [0.15, 0.2) is 0 Å². The summed E-state index contributed by atoms with van der Waals surface area (Å²) >= 11 is 0. The fourth-order valence-electron chi connectivity index (χ4n) is 0.685. The summed E-state index contributed by atoms with van der Waals surface area (Å²) in [5.74, 6) is -2.12. The topological polar surface area (TPSA) is 52.6 Å². The first-order valence-corrected chi connectivity index (χ1v) is 3.42. The number of hydrogen-bond acceptors (Lipinski definition) is 4. The average molecular weight is 176 g/mol. The van der Waals surface area contributed by atoms with Crippen LogP contribution in [-0.2, 0) is 14.2 Å². The maximum atomic E-state index is 10.8. The molecule has 13 heavy (non-hydrogen) atoms. The van der Waals surface area contributed by atoms with E-state index in [-0.39, 0.29) is 5.75 Å². The molecule has 0 aromatic heterocycles. The number of benzene rings is 1. The second kappa shape index (κ2) is 4.30. The van der Waals surface area contributed by atoms with Gasteiger partial charge in [-0.05, 0) is 12.1 Å². The van der Waals surface area contributed by atoms with Crippen LogP contribution in [0.1, 0.15) is 0 Å².